The van der Waals surface area contributed by atoms with Crippen LogP contribution in [0.4, 0.5) is 39.5 Å². The van der Waals surface area contributed by atoms with Gasteiger partial charge in [0, 0.05) is 43.8 Å². The Labute approximate surface area is 198 Å². The van der Waals surface area contributed by atoms with E-state index in [2.05, 4.69) is 25.0 Å². The summed E-state index contributed by atoms with van der Waals surface area (Å²) in [6.45, 7) is -0.606. The second-order valence-electron chi connectivity index (χ2n) is 9.77. The van der Waals surface area contributed by atoms with Crippen LogP contribution in [-0.2, 0) is 0 Å². The lowest BCUT2D eigenvalue weighted by Gasteiger charge is -2.40. The van der Waals surface area contributed by atoms with Crippen molar-refractivity contribution < 1.29 is 26.7 Å². The summed E-state index contributed by atoms with van der Waals surface area (Å²) in [5.74, 6) is 0.0486. The highest BCUT2D eigenvalue weighted by Crippen LogP contribution is 2.40. The molecule has 3 N–H and O–H groups in total. The number of halogens is 5. The minimum absolute atomic E-state index is 0.0264. The van der Waals surface area contributed by atoms with Gasteiger partial charge in [-0.2, -0.15) is 13.8 Å². The van der Waals surface area contributed by atoms with Crippen molar-refractivity contribution in [3.8, 4) is 17.0 Å². The number of fused-ring (bicyclic) bond motifs is 2. The summed E-state index contributed by atoms with van der Waals surface area (Å²) >= 11 is 0. The third-order valence-corrected chi connectivity index (χ3v) is 7.16. The van der Waals surface area contributed by atoms with E-state index in [9.17, 15) is 22.0 Å². The zero-order valence-electron chi connectivity index (χ0n) is 19.1. The van der Waals surface area contributed by atoms with Gasteiger partial charge in [0.1, 0.15) is 24.8 Å². The molecule has 2 aromatic heterocycles. The summed E-state index contributed by atoms with van der Waals surface area (Å²) in [5, 5.41) is 3.34. The number of aromatic nitrogens is 3. The highest BCUT2D eigenvalue weighted by molar-refractivity contribution is 5.68. The molecule has 5 heterocycles. The molecule has 2 aromatic rings. The van der Waals surface area contributed by atoms with E-state index in [1.54, 1.807) is 11.0 Å². The maximum atomic E-state index is 14.6. The minimum Gasteiger partial charge on any atom is -0.431 e. The summed E-state index contributed by atoms with van der Waals surface area (Å²) in [4.78, 5) is 14.9. The number of ether oxygens (including phenoxy) is 1. The number of pyridine rings is 1. The lowest BCUT2D eigenvalue weighted by atomic mass is 10.1. The van der Waals surface area contributed by atoms with Crippen molar-refractivity contribution >= 4 is 17.6 Å². The molecule has 0 radical (unpaired) electrons. The zero-order chi connectivity index (χ0) is 25.0. The molecule has 13 heteroatoms. The maximum absolute atomic E-state index is 14.6. The highest BCUT2D eigenvalue weighted by atomic mass is 19.3. The molecule has 8 nitrogen and oxygen atoms in total. The molecule has 0 aromatic carbocycles. The van der Waals surface area contributed by atoms with E-state index < -0.39 is 25.3 Å². The molecule has 4 atom stereocenters. The topological polar surface area (TPSA) is 89.2 Å². The van der Waals surface area contributed by atoms with Gasteiger partial charge in [0.25, 0.3) is 6.43 Å². The van der Waals surface area contributed by atoms with Gasteiger partial charge in [0.2, 0.25) is 11.8 Å². The number of hydrogen-bond acceptors (Lipinski definition) is 7. The summed E-state index contributed by atoms with van der Waals surface area (Å²) in [6, 6.07) is 2.86. The second kappa shape index (κ2) is 8.70. The molecule has 3 fully saturated rings. The van der Waals surface area contributed by atoms with E-state index in [1.165, 1.54) is 19.2 Å². The molecule has 0 amide bonds. The predicted molar refractivity (Wildman–Crippen MR) is 120 cm³/mol. The first-order valence-corrected chi connectivity index (χ1v) is 11.5. The number of anilines is 2. The number of nitrogens with two attached hydrogens (primary N) is 1. The molecule has 3 aliphatic heterocycles. The van der Waals surface area contributed by atoms with E-state index in [-0.39, 0.29) is 52.7 Å². The van der Waals surface area contributed by atoms with Crippen LogP contribution in [0.3, 0.4) is 0 Å². The molecular formula is C22H27F5N7O+. The Morgan fingerprint density at radius 3 is 2.69 bits per heavy atom. The van der Waals surface area contributed by atoms with Crippen LogP contribution in [0.2, 0.25) is 0 Å². The average molecular weight is 500 g/mol. The van der Waals surface area contributed by atoms with Gasteiger partial charge >= 0.3 is 6.61 Å². The molecule has 0 saturated carbocycles. The first kappa shape index (κ1) is 23.9. The molecule has 3 aliphatic rings. The number of alkyl halides is 5. The summed E-state index contributed by atoms with van der Waals surface area (Å²) in [6.07, 6.45) is -0.204. The van der Waals surface area contributed by atoms with Crippen LogP contribution in [0, 0.1) is 0 Å². The van der Waals surface area contributed by atoms with Crippen molar-refractivity contribution in [2.75, 3.05) is 43.4 Å². The average Bonchev–Trinajstić information content (AvgIpc) is 3.49. The van der Waals surface area contributed by atoms with Crippen LogP contribution in [0.15, 0.2) is 18.3 Å². The lowest BCUT2D eigenvalue weighted by Crippen LogP contribution is -2.62. The standard InChI is InChI=1S/C22H27F5N7O/c1-22(27)2-3-33(11-22)21-31-15(12-4-16(35-20(25)26)19(28)30-7-12)6-18(32-21)34(10-17(23)24)9-13-5-14(34)8-29-13/h4,6-7,13-14,17,20,29H,2-3,5,8-11H2,1H3,(H2,28,30)/q+1/t13-,14-,22?,34?/m0/s1. The van der Waals surface area contributed by atoms with Gasteiger partial charge in [-0.3, -0.25) is 4.48 Å². The van der Waals surface area contributed by atoms with Crippen LogP contribution in [0.1, 0.15) is 19.8 Å². The van der Waals surface area contributed by atoms with Crippen molar-refractivity contribution in [1.29, 1.82) is 0 Å². The molecule has 35 heavy (non-hydrogen) atoms. The van der Waals surface area contributed by atoms with Gasteiger partial charge in [-0.15, -0.1) is 0 Å². The van der Waals surface area contributed by atoms with E-state index >= 15 is 0 Å². The van der Waals surface area contributed by atoms with E-state index in [0.717, 1.165) is 6.42 Å². The fourth-order valence-electron chi connectivity index (χ4n) is 5.52. The monoisotopic (exact) mass is 500 g/mol. The van der Waals surface area contributed by atoms with Crippen LogP contribution >= 0.6 is 0 Å². The summed E-state index contributed by atoms with van der Waals surface area (Å²) < 4.78 is 72.5. The fraction of sp³-hybridized carbons (Fsp3) is 0.591. The lowest BCUT2D eigenvalue weighted by molar-refractivity contribution is -0.0494. The van der Waals surface area contributed by atoms with Crippen LogP contribution < -0.4 is 25.2 Å². The largest absolute Gasteiger partial charge is 0.431 e. The zero-order valence-corrected chi connectivity index (χ0v) is 19.1. The molecule has 5 rings (SSSR count). The Hall–Kier alpha value is -2.80. The van der Waals surface area contributed by atoms with Crippen molar-refractivity contribution in [3.05, 3.63) is 18.3 Å². The normalized spacial score (nSPS) is 30.1. The molecule has 0 spiro atoms. The van der Waals surface area contributed by atoms with Crippen LogP contribution in [-0.4, -0.2) is 78.5 Å². The number of piperazine rings is 1. The summed E-state index contributed by atoms with van der Waals surface area (Å²) in [7, 11) is 0. The molecule has 0 aliphatic carbocycles. The van der Waals surface area contributed by atoms with Gasteiger partial charge < -0.3 is 20.7 Å². The quantitative estimate of drug-likeness (QED) is 0.446. The molecule has 3 saturated heterocycles. The third kappa shape index (κ3) is 4.58. The number of nitrogen functional groups attached to an aromatic ring is 1. The number of rotatable bonds is 7. The van der Waals surface area contributed by atoms with Crippen molar-refractivity contribution in [2.45, 2.75) is 50.6 Å². The highest BCUT2D eigenvalue weighted by Gasteiger charge is 2.55. The van der Waals surface area contributed by atoms with Gasteiger partial charge in [0.15, 0.2) is 11.6 Å². The van der Waals surface area contributed by atoms with E-state index in [1.807, 2.05) is 0 Å². The Kier molecular flexibility index (Phi) is 5.94. The number of nitrogens with zero attached hydrogens (tertiary/aromatic N) is 5. The number of likely N-dealkylation sites (tertiary alicyclic amines) is 1. The number of nitrogens with one attached hydrogen (secondary N) is 1. The van der Waals surface area contributed by atoms with Gasteiger partial charge in [-0.25, -0.2) is 23.1 Å². The van der Waals surface area contributed by atoms with E-state index in [4.69, 9.17) is 5.73 Å². The van der Waals surface area contributed by atoms with Crippen LogP contribution in [0.5, 0.6) is 5.75 Å². The van der Waals surface area contributed by atoms with Gasteiger partial charge in [-0.1, -0.05) is 0 Å². The minimum atomic E-state index is -3.11. The van der Waals surface area contributed by atoms with Crippen molar-refractivity contribution in [2.24, 2.45) is 0 Å². The SMILES string of the molecule is CC1(F)CCN(c2nc(-c3cnc(N)c(OC(F)F)c3)cc([N+]3(CC(F)F)C[C@@H]4C[C@H]3CN4)n2)C1. The van der Waals surface area contributed by atoms with Crippen LogP contribution in [0.25, 0.3) is 11.3 Å². The fourth-order valence-corrected chi connectivity index (χ4v) is 5.52. The Morgan fingerprint density at radius 1 is 1.29 bits per heavy atom. The molecule has 2 bridgehead atoms. The number of quaternary nitrogens is 1. The molecule has 190 valence electrons. The Balaban J connectivity index is 1.63. The van der Waals surface area contributed by atoms with Crippen molar-refractivity contribution in [1.82, 2.24) is 24.8 Å². The number of hydrogen-bond donors (Lipinski definition) is 2. The Bertz CT molecular complexity index is 1100. The predicted octanol–water partition coefficient (Wildman–Crippen LogP) is 2.98. The molecular weight excluding hydrogens is 473 g/mol. The van der Waals surface area contributed by atoms with Gasteiger partial charge in [0.05, 0.1) is 18.3 Å². The second-order valence-corrected chi connectivity index (χ2v) is 9.77. The summed E-state index contributed by atoms with van der Waals surface area (Å²) in [5.41, 5.74) is 4.83. The van der Waals surface area contributed by atoms with Crippen molar-refractivity contribution in [3.63, 3.8) is 0 Å². The van der Waals surface area contributed by atoms with E-state index in [0.29, 0.717) is 31.0 Å². The maximum Gasteiger partial charge on any atom is 0.387 e. The third-order valence-electron chi connectivity index (χ3n) is 7.16. The first-order chi connectivity index (χ1) is 16.5. The Morgan fingerprint density at radius 2 is 2.09 bits per heavy atom. The first-order valence-electron chi connectivity index (χ1n) is 11.5. The van der Waals surface area contributed by atoms with Gasteiger partial charge in [-0.05, 0) is 13.0 Å². The smallest absolute Gasteiger partial charge is 0.387 e. The molecule has 2 unspecified atom stereocenters.